The van der Waals surface area contributed by atoms with Crippen LogP contribution in [0.2, 0.25) is 0 Å². The standard InChI is InChI=1S/C53H44O3/c1-51(2,31-54)36-17-21-38(22-18-36)53(39-23-19-37(20-24-39)52(3,4)50(55)56,48-42-11-7-5-9-34(42)29-46-40-25-13-32(40)15-27-44(46)48)49-43-12-8-6-10-35(43)30-47-41-26-14-33(41)16-28-45(47)49/h5-12,15-24,27-31H,13-14,25-26H2,1-4H3,(H,55,56). The van der Waals surface area contributed by atoms with Crippen molar-refractivity contribution in [2.24, 2.45) is 0 Å². The molecule has 0 aromatic heterocycles. The van der Waals surface area contributed by atoms with E-state index in [9.17, 15) is 14.7 Å². The van der Waals surface area contributed by atoms with E-state index in [1.165, 1.54) is 76.5 Å². The quantitative estimate of drug-likeness (QED) is 0.0963. The van der Waals surface area contributed by atoms with Gasteiger partial charge in [0.1, 0.15) is 6.29 Å². The van der Waals surface area contributed by atoms with Crippen molar-refractivity contribution in [1.82, 2.24) is 0 Å². The first-order chi connectivity index (χ1) is 27.0. The van der Waals surface area contributed by atoms with Gasteiger partial charge in [0.15, 0.2) is 0 Å². The molecule has 0 aliphatic heterocycles. The van der Waals surface area contributed by atoms with Crippen LogP contribution < -0.4 is 0 Å². The van der Waals surface area contributed by atoms with Gasteiger partial charge in [0.25, 0.3) is 0 Å². The van der Waals surface area contributed by atoms with Gasteiger partial charge in [0.2, 0.25) is 0 Å². The molecule has 10 rings (SSSR count). The summed E-state index contributed by atoms with van der Waals surface area (Å²) < 4.78 is 0. The van der Waals surface area contributed by atoms with Crippen molar-refractivity contribution >= 4 is 55.3 Å². The predicted octanol–water partition coefficient (Wildman–Crippen LogP) is 11.7. The third kappa shape index (κ3) is 4.76. The largest absolute Gasteiger partial charge is 0.481 e. The molecule has 0 unspecified atom stereocenters. The maximum absolute atomic E-state index is 12.6. The lowest BCUT2D eigenvalue weighted by Gasteiger charge is -2.41. The molecule has 274 valence electrons. The molecule has 0 saturated carbocycles. The molecule has 8 aromatic carbocycles. The van der Waals surface area contributed by atoms with E-state index in [2.05, 4.69) is 121 Å². The van der Waals surface area contributed by atoms with Crippen LogP contribution in [-0.4, -0.2) is 17.4 Å². The fraction of sp³-hybridized carbons (Fsp3) is 0.208. The third-order valence-electron chi connectivity index (χ3n) is 13.5. The summed E-state index contributed by atoms with van der Waals surface area (Å²) in [5.74, 6) is -0.861. The lowest BCUT2D eigenvalue weighted by Crippen LogP contribution is -2.33. The maximum Gasteiger partial charge on any atom is 0.313 e. The highest BCUT2D eigenvalue weighted by Crippen LogP contribution is 2.55. The van der Waals surface area contributed by atoms with Crippen LogP contribution in [0.4, 0.5) is 0 Å². The van der Waals surface area contributed by atoms with Gasteiger partial charge in [0.05, 0.1) is 10.8 Å². The third-order valence-corrected chi connectivity index (χ3v) is 13.5. The van der Waals surface area contributed by atoms with Crippen LogP contribution in [0.3, 0.4) is 0 Å². The van der Waals surface area contributed by atoms with Crippen molar-refractivity contribution in [2.75, 3.05) is 0 Å². The monoisotopic (exact) mass is 728 g/mol. The van der Waals surface area contributed by atoms with Crippen molar-refractivity contribution < 1.29 is 14.7 Å². The highest BCUT2D eigenvalue weighted by Gasteiger charge is 2.44. The van der Waals surface area contributed by atoms with Crippen LogP contribution in [0, 0.1) is 0 Å². The Balaban J connectivity index is 1.47. The number of aliphatic carboxylic acids is 1. The summed E-state index contributed by atoms with van der Waals surface area (Å²) >= 11 is 0. The molecule has 3 nitrogen and oxygen atoms in total. The minimum absolute atomic E-state index is 0.659. The molecular weight excluding hydrogens is 685 g/mol. The molecule has 8 aromatic rings. The van der Waals surface area contributed by atoms with Gasteiger partial charge in [-0.3, -0.25) is 4.79 Å². The number of rotatable bonds is 8. The summed E-state index contributed by atoms with van der Waals surface area (Å²) in [5, 5.41) is 20.1. The van der Waals surface area contributed by atoms with Gasteiger partial charge in [-0.05, 0) is 164 Å². The van der Waals surface area contributed by atoms with Crippen LogP contribution in [0.15, 0.2) is 133 Å². The zero-order chi connectivity index (χ0) is 38.6. The minimum Gasteiger partial charge on any atom is -0.481 e. The Kier molecular flexibility index (Phi) is 7.51. The Morgan fingerprint density at radius 1 is 0.500 bits per heavy atom. The number of carboxylic acid groups (broad SMARTS) is 1. The van der Waals surface area contributed by atoms with E-state index in [1.807, 2.05) is 26.0 Å². The molecule has 0 amide bonds. The normalized spacial score (nSPS) is 14.0. The Morgan fingerprint density at radius 3 is 1.34 bits per heavy atom. The molecule has 0 spiro atoms. The molecule has 2 aliphatic rings. The van der Waals surface area contributed by atoms with Gasteiger partial charge in [-0.2, -0.15) is 0 Å². The molecule has 56 heavy (non-hydrogen) atoms. The Morgan fingerprint density at radius 2 is 0.929 bits per heavy atom. The summed E-state index contributed by atoms with van der Waals surface area (Å²) in [6, 6.07) is 49.0. The summed E-state index contributed by atoms with van der Waals surface area (Å²) in [4.78, 5) is 25.0. The van der Waals surface area contributed by atoms with E-state index < -0.39 is 22.2 Å². The topological polar surface area (TPSA) is 54.4 Å². The molecular formula is C53H44O3. The predicted molar refractivity (Wildman–Crippen MR) is 229 cm³/mol. The number of aldehydes is 1. The summed E-state index contributed by atoms with van der Waals surface area (Å²) in [5.41, 5.74) is 9.34. The van der Waals surface area contributed by atoms with Crippen molar-refractivity contribution in [1.29, 1.82) is 0 Å². The smallest absolute Gasteiger partial charge is 0.313 e. The van der Waals surface area contributed by atoms with E-state index >= 15 is 0 Å². The lowest BCUT2D eigenvalue weighted by molar-refractivity contribution is -0.142. The van der Waals surface area contributed by atoms with Gasteiger partial charge in [0, 0.05) is 5.41 Å². The van der Waals surface area contributed by atoms with Crippen LogP contribution >= 0.6 is 0 Å². The van der Waals surface area contributed by atoms with Crippen molar-refractivity contribution in [3.63, 3.8) is 0 Å². The molecule has 0 saturated heterocycles. The average molecular weight is 729 g/mol. The maximum atomic E-state index is 12.6. The second-order valence-electron chi connectivity index (χ2n) is 17.2. The van der Waals surface area contributed by atoms with Crippen LogP contribution in [0.25, 0.3) is 43.1 Å². The minimum atomic E-state index is -1.08. The Labute approximate surface area is 327 Å². The summed E-state index contributed by atoms with van der Waals surface area (Å²) in [7, 11) is 0. The van der Waals surface area contributed by atoms with Crippen molar-refractivity contribution in [2.45, 2.75) is 69.6 Å². The first kappa shape index (κ1) is 34.4. The second-order valence-corrected chi connectivity index (χ2v) is 17.2. The van der Waals surface area contributed by atoms with Crippen LogP contribution in [-0.2, 0) is 51.5 Å². The van der Waals surface area contributed by atoms with Gasteiger partial charge in [-0.15, -0.1) is 0 Å². The van der Waals surface area contributed by atoms with E-state index in [0.717, 1.165) is 54.2 Å². The van der Waals surface area contributed by atoms with Crippen LogP contribution in [0.5, 0.6) is 0 Å². The lowest BCUT2D eigenvalue weighted by atomic mass is 9.60. The molecule has 3 heteroatoms. The number of benzene rings is 8. The van der Waals surface area contributed by atoms with E-state index in [1.54, 1.807) is 13.8 Å². The number of carbonyl (C=O) groups excluding carboxylic acids is 1. The number of carbonyl (C=O) groups is 2. The van der Waals surface area contributed by atoms with E-state index in [4.69, 9.17) is 0 Å². The number of hydrogen-bond acceptors (Lipinski definition) is 2. The number of fused-ring (bicyclic) bond motifs is 8. The Bertz CT molecular complexity index is 2810. The number of aryl methyl sites for hydroxylation is 4. The molecule has 2 aliphatic carbocycles. The highest BCUT2D eigenvalue weighted by molar-refractivity contribution is 6.11. The number of carboxylic acids is 1. The molecule has 0 atom stereocenters. The van der Waals surface area contributed by atoms with Gasteiger partial charge < -0.3 is 9.90 Å². The zero-order valence-corrected chi connectivity index (χ0v) is 32.4. The first-order valence-electron chi connectivity index (χ1n) is 19.9. The molecule has 0 heterocycles. The SMILES string of the molecule is CC(C)(C=O)c1ccc(C(c2ccc(C(C)(C)C(=O)O)cc2)(c2c3ccccc3cc3c4c(ccc23)CC4)c2c3ccccc3cc3c4c(ccc23)CC4)cc1. The fourth-order valence-corrected chi connectivity index (χ4v) is 9.87. The van der Waals surface area contributed by atoms with Crippen molar-refractivity contribution in [3.05, 3.63) is 189 Å². The Hall–Kier alpha value is -6.06. The van der Waals surface area contributed by atoms with Gasteiger partial charge in [-0.25, -0.2) is 0 Å². The summed E-state index contributed by atoms with van der Waals surface area (Å²) in [6.45, 7) is 7.49. The molecule has 0 radical (unpaired) electrons. The summed E-state index contributed by atoms with van der Waals surface area (Å²) in [6.07, 6.45) is 5.31. The number of hydrogen-bond donors (Lipinski definition) is 1. The van der Waals surface area contributed by atoms with Gasteiger partial charge >= 0.3 is 5.97 Å². The molecule has 0 fully saturated rings. The molecule has 0 bridgehead atoms. The zero-order valence-electron chi connectivity index (χ0n) is 32.4. The first-order valence-corrected chi connectivity index (χ1v) is 19.9. The second kappa shape index (κ2) is 12.2. The molecule has 1 N–H and O–H groups in total. The average Bonchev–Trinajstić information content (AvgIpc) is 3.18. The van der Waals surface area contributed by atoms with Crippen LogP contribution in [0.1, 0.15) is 83.3 Å². The van der Waals surface area contributed by atoms with Crippen molar-refractivity contribution in [3.8, 4) is 0 Å². The van der Waals surface area contributed by atoms with E-state index in [-0.39, 0.29) is 0 Å². The fourth-order valence-electron chi connectivity index (χ4n) is 9.87. The van der Waals surface area contributed by atoms with Gasteiger partial charge in [-0.1, -0.05) is 121 Å². The highest BCUT2D eigenvalue weighted by atomic mass is 16.4. The van der Waals surface area contributed by atoms with E-state index in [0.29, 0.717) is 0 Å².